The predicted molar refractivity (Wildman–Crippen MR) is 467 cm³/mol. The van der Waals surface area contributed by atoms with Gasteiger partial charge in [-0.25, -0.2) is 19.2 Å². The summed E-state index contributed by atoms with van der Waals surface area (Å²) in [6, 6.07) is -1.65. The number of amides is 3. The van der Waals surface area contributed by atoms with Crippen LogP contribution in [0.3, 0.4) is 0 Å². The summed E-state index contributed by atoms with van der Waals surface area (Å²) in [7, 11) is 7.70. The molecule has 714 valence electrons. The lowest BCUT2D eigenvalue weighted by Gasteiger charge is -2.34. The number of halogens is 9. The number of hydrogen-bond donors (Lipinski definition) is 6. The van der Waals surface area contributed by atoms with Gasteiger partial charge in [0.1, 0.15) is 102 Å². The van der Waals surface area contributed by atoms with E-state index in [1.807, 2.05) is 38.0 Å². The van der Waals surface area contributed by atoms with Gasteiger partial charge in [-0.15, -0.1) is 0 Å². The van der Waals surface area contributed by atoms with Gasteiger partial charge >= 0.3 is 66.1 Å². The number of esters is 6. The molecule has 0 aliphatic carbocycles. The number of aliphatic carboxylic acids is 2. The van der Waals surface area contributed by atoms with Crippen molar-refractivity contribution >= 4 is 173 Å². The largest absolute Gasteiger partial charge is 0.490 e. The van der Waals surface area contributed by atoms with Gasteiger partial charge in [-0.2, -0.15) is 13.2 Å². The topological polar surface area (TPSA) is 460 Å². The van der Waals surface area contributed by atoms with Crippen molar-refractivity contribution in [1.29, 1.82) is 0 Å². The zero-order chi connectivity index (χ0) is 95.5. The van der Waals surface area contributed by atoms with E-state index in [0.717, 1.165) is 13.1 Å². The van der Waals surface area contributed by atoms with E-state index in [9.17, 15) is 70.7 Å². The third kappa shape index (κ3) is 68.6. The molecular formula is C78H135Br6F3N6O29. The van der Waals surface area contributed by atoms with E-state index < -0.39 is 126 Å². The number of ether oxygens (including phenoxy) is 14. The van der Waals surface area contributed by atoms with Crippen LogP contribution in [0, 0.1) is 10.8 Å². The van der Waals surface area contributed by atoms with Crippen LogP contribution >= 0.6 is 95.6 Å². The smallest absolute Gasteiger partial charge is 0.480 e. The quantitative estimate of drug-likeness (QED) is 0.0143. The van der Waals surface area contributed by atoms with Crippen molar-refractivity contribution in [2.24, 2.45) is 16.6 Å². The van der Waals surface area contributed by atoms with Crippen molar-refractivity contribution in [1.82, 2.24) is 25.8 Å². The second-order valence-corrected chi connectivity index (χ2v) is 45.4. The van der Waals surface area contributed by atoms with Crippen molar-refractivity contribution in [3.8, 4) is 0 Å². The Kier molecular flexibility index (Phi) is 61.9. The number of hydrogen-bond acceptors (Lipinski definition) is 30. The second-order valence-electron chi connectivity index (χ2n) is 33.5. The highest BCUT2D eigenvalue weighted by molar-refractivity contribution is 9.11. The zero-order valence-electron chi connectivity index (χ0n) is 74.7. The molecule has 3 amide bonds. The number of carboxylic acid groups (broad SMARTS) is 2. The highest BCUT2D eigenvalue weighted by atomic mass is 79.9. The molecule has 0 aromatic heterocycles. The molecule has 0 radical (unpaired) electrons. The van der Waals surface area contributed by atoms with Crippen molar-refractivity contribution in [2.45, 2.75) is 231 Å². The van der Waals surface area contributed by atoms with E-state index in [-0.39, 0.29) is 129 Å². The molecule has 2 atom stereocenters. The van der Waals surface area contributed by atoms with Gasteiger partial charge in [0.05, 0.1) is 63.7 Å². The normalized spacial score (nSPS) is 12.9. The summed E-state index contributed by atoms with van der Waals surface area (Å²) < 4.78 is 102. The van der Waals surface area contributed by atoms with Gasteiger partial charge in [0.25, 0.3) is 0 Å². The molecule has 0 aliphatic heterocycles. The lowest BCUT2D eigenvalue weighted by molar-refractivity contribution is -0.192. The number of alkyl carbamates (subject to hydrolysis) is 2. The molecule has 44 heteroatoms. The van der Waals surface area contributed by atoms with Crippen LogP contribution in [-0.2, 0) is 119 Å². The first-order chi connectivity index (χ1) is 55.5. The molecule has 122 heavy (non-hydrogen) atoms. The maximum Gasteiger partial charge on any atom is 0.490 e. The molecule has 2 unspecified atom stereocenters. The van der Waals surface area contributed by atoms with E-state index in [0.29, 0.717) is 71.5 Å². The minimum absolute atomic E-state index is 0.152. The summed E-state index contributed by atoms with van der Waals surface area (Å²) in [6.07, 6.45) is -2.92. The number of ketones is 2. The monoisotopic (exact) mass is 2150 g/mol. The van der Waals surface area contributed by atoms with Gasteiger partial charge in [-0.05, 0) is 204 Å². The molecule has 0 bridgehead atoms. The van der Waals surface area contributed by atoms with E-state index in [4.69, 9.17) is 87.1 Å². The second kappa shape index (κ2) is 61.0. The van der Waals surface area contributed by atoms with Crippen LogP contribution in [0.25, 0.3) is 0 Å². The Morgan fingerprint density at radius 1 is 0.377 bits per heavy atom. The number of Topliss-reactive ketones (excluding diaryl/α,β-unsaturated/α-hetero) is 2. The van der Waals surface area contributed by atoms with Crippen LogP contribution in [0.5, 0.6) is 0 Å². The van der Waals surface area contributed by atoms with Crippen molar-refractivity contribution in [2.75, 3.05) is 173 Å². The number of alkyl halides is 9. The van der Waals surface area contributed by atoms with Gasteiger partial charge in [0.2, 0.25) is 5.91 Å². The van der Waals surface area contributed by atoms with E-state index in [1.165, 1.54) is 0 Å². The first kappa shape index (κ1) is 124. The number of rotatable bonds is 57. The van der Waals surface area contributed by atoms with Gasteiger partial charge in [0.15, 0.2) is 11.6 Å². The third-order valence-electron chi connectivity index (χ3n) is 14.8. The molecule has 0 aromatic carbocycles. The SMILES string of the molecule is CC(C)(Br)C(=O)OCC(COCC(=O)CCCOCCOCCN)(COC(=O)C(C)(C)Br)COC(=O)C(C)(C)Br.CN(C)CCCC(NC(=O)OC(C)(C)C)C(=O)NCCOCCOCCCC(=O)COCC(COC(=O)C(C)(C)Br)(COC(=O)C(C)(C)Br)COC(=O)C(C)(C)Br.CN(C)CCCC(NC(=O)OC(C)(C)C)C(=O)O.O=C(O)C(F)(F)F. The highest BCUT2D eigenvalue weighted by Crippen LogP contribution is 2.31. The lowest BCUT2D eigenvalue weighted by atomic mass is 9.91. The minimum Gasteiger partial charge on any atom is -0.480 e. The van der Waals surface area contributed by atoms with E-state index in [2.05, 4.69) is 112 Å². The fourth-order valence-corrected chi connectivity index (χ4v) is 8.92. The van der Waals surface area contributed by atoms with Crippen molar-refractivity contribution < 1.29 is 152 Å². The van der Waals surface area contributed by atoms with Crippen LogP contribution < -0.4 is 21.7 Å². The molecule has 0 fully saturated rings. The maximum atomic E-state index is 12.8. The molecule has 35 nitrogen and oxygen atoms in total. The Morgan fingerprint density at radius 3 is 0.885 bits per heavy atom. The van der Waals surface area contributed by atoms with E-state index >= 15 is 0 Å². The Balaban J connectivity index is -0.000000916. The first-order valence-electron chi connectivity index (χ1n) is 38.9. The van der Waals surface area contributed by atoms with Gasteiger partial charge in [-0.3, -0.25) is 43.2 Å². The number of carboxylic acids is 2. The molecule has 7 N–H and O–H groups in total. The first-order valence-corrected chi connectivity index (χ1v) is 43.7. The average molecular weight is 2160 g/mol. The van der Waals surface area contributed by atoms with Gasteiger partial charge in [-0.1, -0.05) is 95.6 Å². The van der Waals surface area contributed by atoms with Crippen LogP contribution in [-0.4, -0.2) is 326 Å². The minimum atomic E-state index is -5.08. The Morgan fingerprint density at radius 2 is 0.639 bits per heavy atom. The van der Waals surface area contributed by atoms with Gasteiger partial charge in [0, 0.05) is 39.1 Å². The number of nitrogens with zero attached hydrogens (tertiary/aromatic N) is 2. The summed E-state index contributed by atoms with van der Waals surface area (Å²) in [4.78, 5) is 161. The summed E-state index contributed by atoms with van der Waals surface area (Å²) in [5.74, 6) is -8.10. The number of carbonyl (C=O) groups is 13. The molecule has 0 aliphatic rings. The number of carbonyl (C=O) groups excluding carboxylic acids is 11. The van der Waals surface area contributed by atoms with Crippen molar-refractivity contribution in [3.05, 3.63) is 0 Å². The van der Waals surface area contributed by atoms with Crippen molar-refractivity contribution in [3.63, 3.8) is 0 Å². The van der Waals surface area contributed by atoms with Crippen LogP contribution in [0.1, 0.15) is 176 Å². The average Bonchev–Trinajstić information content (AvgIpc) is 0.836. The fourth-order valence-electron chi connectivity index (χ4n) is 8.24. The zero-order valence-corrected chi connectivity index (χ0v) is 84.2. The summed E-state index contributed by atoms with van der Waals surface area (Å²) >= 11 is 19.6. The number of nitrogens with two attached hydrogens (primary N) is 1. The van der Waals surface area contributed by atoms with Crippen LogP contribution in [0.4, 0.5) is 22.8 Å². The fraction of sp³-hybridized carbons (Fsp3) is 0.833. The lowest BCUT2D eigenvalue weighted by Crippen LogP contribution is -2.49. The van der Waals surface area contributed by atoms with Gasteiger partial charge < -0.3 is 108 Å². The predicted octanol–water partition coefficient (Wildman–Crippen LogP) is 10.3. The standard InChI is InChI=1S/C38H66Br3N3O13.C26H44Br3NO10.C12H24N2O4.C2HF3O2/c1-34(2,3)57-33(50)43-28(15-12-17-44(10)11)29(46)42-16-19-52-21-20-51-18-13-14-27(45)22-53-23-38(24-54-30(47)35(4,5)39,25-55-31(48)36(6,7)40)26-56-32(49)37(8,9)41;1-23(2,27)20(32)38-16-26(17-39-21(33)24(3,4)28,18-40-22(34)25(5,6)29)15-37-14-19(31)8-7-10-35-12-13-36-11-9-30;1-12(2,3)18-11(17)13-9(10(15)16)7-6-8-14(4)5;3-2(4,5)1(6)7/h28H,12-26H2,1-11H3,(H,42,46)(H,43,50);7-18,30H2,1-6H3;9H,6-8H2,1-5H3,(H,13,17)(H,15,16);(H,6,7). The highest BCUT2D eigenvalue weighted by Gasteiger charge is 2.44. The molecule has 0 heterocycles. The Labute approximate surface area is 766 Å². The molecule has 0 spiro atoms. The summed E-state index contributed by atoms with van der Waals surface area (Å²) in [5, 5.41) is 23.9. The third-order valence-corrected chi connectivity index (χ3v) is 16.7. The summed E-state index contributed by atoms with van der Waals surface area (Å²) in [6.45, 7) is 31.8. The molecule has 0 aromatic rings. The molecule has 0 saturated carbocycles. The van der Waals surface area contributed by atoms with Crippen LogP contribution in [0.2, 0.25) is 0 Å². The van der Waals surface area contributed by atoms with Crippen LogP contribution in [0.15, 0.2) is 0 Å². The maximum absolute atomic E-state index is 12.8. The van der Waals surface area contributed by atoms with E-state index in [1.54, 1.807) is 125 Å². The Bertz CT molecular complexity index is 3000. The molecule has 0 rings (SSSR count). The molecule has 0 saturated heterocycles. The number of nitrogens with one attached hydrogen (secondary N) is 3. The molecular weight excluding hydrogens is 2020 g/mol. The summed E-state index contributed by atoms with van der Waals surface area (Å²) in [5.41, 5.74) is 1.40. The Hall–Kier alpha value is -4.58.